The van der Waals surface area contributed by atoms with Gasteiger partial charge in [-0.3, -0.25) is 4.79 Å². The fourth-order valence-corrected chi connectivity index (χ4v) is 1.48. The number of carbonyl (C=O) groups is 1. The highest BCUT2D eigenvalue weighted by Crippen LogP contribution is 2.31. The van der Waals surface area contributed by atoms with Crippen LogP contribution in [0.1, 0.15) is 18.4 Å². The van der Waals surface area contributed by atoms with Gasteiger partial charge in [0.05, 0.1) is 14.2 Å². The van der Waals surface area contributed by atoms with Gasteiger partial charge >= 0.3 is 5.97 Å². The number of benzene rings is 1. The predicted octanol–water partition coefficient (Wildman–Crippen LogP) is 2.58. The Morgan fingerprint density at radius 3 is 2.53 bits per heavy atom. The quantitative estimate of drug-likeness (QED) is 0.824. The van der Waals surface area contributed by atoms with E-state index in [1.807, 2.05) is 6.07 Å². The number of carboxylic acid groups (broad SMARTS) is 1. The Bertz CT molecular complexity index is 423. The smallest absolute Gasteiger partial charge is 0.303 e. The van der Waals surface area contributed by atoms with E-state index in [1.165, 1.54) is 0 Å². The molecule has 1 rings (SSSR count). The Balaban J connectivity index is 2.89. The Morgan fingerprint density at radius 1 is 1.29 bits per heavy atom. The molecule has 0 aliphatic rings. The fraction of sp³-hybridized carbons (Fsp3) is 0.308. The lowest BCUT2D eigenvalue weighted by Crippen LogP contribution is -1.97. The molecular formula is C13H16O4. The summed E-state index contributed by atoms with van der Waals surface area (Å²) in [6.07, 6.45) is 0.464. The minimum Gasteiger partial charge on any atom is -0.497 e. The third-order valence-corrected chi connectivity index (χ3v) is 2.43. The van der Waals surface area contributed by atoms with Crippen LogP contribution in [0.15, 0.2) is 24.8 Å². The third-order valence-electron chi connectivity index (χ3n) is 2.43. The maximum atomic E-state index is 10.5. The molecule has 0 aliphatic heterocycles. The Kier molecular flexibility index (Phi) is 4.57. The first-order valence-corrected chi connectivity index (χ1v) is 5.20. The topological polar surface area (TPSA) is 55.8 Å². The molecule has 0 aliphatic carbocycles. The van der Waals surface area contributed by atoms with Gasteiger partial charge in [-0.25, -0.2) is 0 Å². The van der Waals surface area contributed by atoms with Crippen LogP contribution in [0.2, 0.25) is 0 Å². The number of aliphatic carboxylic acids is 1. The van der Waals surface area contributed by atoms with Crippen molar-refractivity contribution in [2.24, 2.45) is 0 Å². The molecule has 0 bridgehead atoms. The maximum absolute atomic E-state index is 10.5. The Morgan fingerprint density at radius 2 is 2.00 bits per heavy atom. The van der Waals surface area contributed by atoms with Gasteiger partial charge in [0.1, 0.15) is 11.5 Å². The lowest BCUT2D eigenvalue weighted by atomic mass is 10.0. The van der Waals surface area contributed by atoms with Crippen molar-refractivity contribution >= 4 is 11.5 Å². The van der Waals surface area contributed by atoms with E-state index in [-0.39, 0.29) is 6.42 Å². The van der Waals surface area contributed by atoms with Gasteiger partial charge in [-0.1, -0.05) is 6.58 Å². The van der Waals surface area contributed by atoms with E-state index in [1.54, 1.807) is 26.4 Å². The summed E-state index contributed by atoms with van der Waals surface area (Å²) in [4.78, 5) is 10.5. The van der Waals surface area contributed by atoms with Crippen LogP contribution in [-0.4, -0.2) is 25.3 Å². The van der Waals surface area contributed by atoms with Crippen molar-refractivity contribution in [1.82, 2.24) is 0 Å². The molecule has 1 N–H and O–H groups in total. The molecule has 0 unspecified atom stereocenters. The number of methoxy groups -OCH3 is 2. The summed E-state index contributed by atoms with van der Waals surface area (Å²) in [7, 11) is 3.14. The van der Waals surface area contributed by atoms with Gasteiger partial charge < -0.3 is 14.6 Å². The lowest BCUT2D eigenvalue weighted by Gasteiger charge is -2.11. The second-order valence-electron chi connectivity index (χ2n) is 3.56. The van der Waals surface area contributed by atoms with E-state index in [2.05, 4.69) is 6.58 Å². The maximum Gasteiger partial charge on any atom is 0.303 e. The van der Waals surface area contributed by atoms with E-state index in [0.29, 0.717) is 17.9 Å². The van der Waals surface area contributed by atoms with E-state index in [0.717, 1.165) is 11.1 Å². The standard InChI is InChI=1S/C13H16O4/c1-9(4-7-13(14)15)11-6-5-10(16-2)8-12(11)17-3/h5-6,8H,1,4,7H2,2-3H3,(H,14,15). The normalized spacial score (nSPS) is 9.76. The average molecular weight is 236 g/mol. The fourth-order valence-electron chi connectivity index (χ4n) is 1.48. The Hall–Kier alpha value is -1.97. The summed E-state index contributed by atoms with van der Waals surface area (Å²) < 4.78 is 10.3. The summed E-state index contributed by atoms with van der Waals surface area (Å²) in [5.41, 5.74) is 1.56. The summed E-state index contributed by atoms with van der Waals surface area (Å²) in [6.45, 7) is 3.88. The van der Waals surface area contributed by atoms with E-state index >= 15 is 0 Å². The van der Waals surface area contributed by atoms with Gasteiger partial charge in [-0.15, -0.1) is 0 Å². The molecule has 17 heavy (non-hydrogen) atoms. The molecular weight excluding hydrogens is 220 g/mol. The van der Waals surface area contributed by atoms with E-state index < -0.39 is 5.97 Å². The summed E-state index contributed by atoms with van der Waals surface area (Å²) in [5, 5.41) is 8.63. The molecule has 1 aromatic rings. The second-order valence-corrected chi connectivity index (χ2v) is 3.56. The highest BCUT2D eigenvalue weighted by Gasteiger charge is 2.09. The molecule has 0 spiro atoms. The van der Waals surface area contributed by atoms with Crippen molar-refractivity contribution in [2.45, 2.75) is 12.8 Å². The van der Waals surface area contributed by atoms with Crippen molar-refractivity contribution in [1.29, 1.82) is 0 Å². The highest BCUT2D eigenvalue weighted by atomic mass is 16.5. The molecule has 92 valence electrons. The molecule has 4 nitrogen and oxygen atoms in total. The van der Waals surface area contributed by atoms with Gasteiger partial charge in [0.2, 0.25) is 0 Å². The summed E-state index contributed by atoms with van der Waals surface area (Å²) >= 11 is 0. The monoisotopic (exact) mass is 236 g/mol. The molecule has 0 saturated heterocycles. The van der Waals surface area contributed by atoms with Gasteiger partial charge in [0, 0.05) is 18.1 Å². The minimum atomic E-state index is -0.835. The molecule has 0 amide bonds. The molecule has 0 fully saturated rings. The highest BCUT2D eigenvalue weighted by molar-refractivity contribution is 5.74. The van der Waals surface area contributed by atoms with Gasteiger partial charge in [0.25, 0.3) is 0 Å². The van der Waals surface area contributed by atoms with Crippen LogP contribution in [-0.2, 0) is 4.79 Å². The first-order valence-electron chi connectivity index (χ1n) is 5.20. The van der Waals surface area contributed by atoms with Crippen LogP contribution in [0.25, 0.3) is 5.57 Å². The van der Waals surface area contributed by atoms with Crippen molar-refractivity contribution in [2.75, 3.05) is 14.2 Å². The van der Waals surface area contributed by atoms with Crippen LogP contribution >= 0.6 is 0 Å². The molecule has 0 heterocycles. The largest absolute Gasteiger partial charge is 0.497 e. The minimum absolute atomic E-state index is 0.0635. The van der Waals surface area contributed by atoms with Crippen LogP contribution in [0, 0.1) is 0 Å². The van der Waals surface area contributed by atoms with E-state index in [4.69, 9.17) is 14.6 Å². The van der Waals surface area contributed by atoms with Crippen molar-refractivity contribution in [3.63, 3.8) is 0 Å². The number of allylic oxidation sites excluding steroid dienone is 1. The number of hydrogen-bond acceptors (Lipinski definition) is 3. The van der Waals surface area contributed by atoms with Crippen LogP contribution in [0.3, 0.4) is 0 Å². The second kappa shape index (κ2) is 5.94. The third kappa shape index (κ3) is 3.52. The SMILES string of the molecule is C=C(CCC(=O)O)c1ccc(OC)cc1OC. The van der Waals surface area contributed by atoms with Crippen LogP contribution in [0.5, 0.6) is 11.5 Å². The summed E-state index contributed by atoms with van der Waals surface area (Å²) in [5.74, 6) is 0.495. The summed E-state index contributed by atoms with van der Waals surface area (Å²) in [6, 6.07) is 5.37. The Labute approximate surface area is 100 Å². The van der Waals surface area contributed by atoms with E-state index in [9.17, 15) is 4.79 Å². The zero-order chi connectivity index (χ0) is 12.8. The molecule has 4 heteroatoms. The van der Waals surface area contributed by atoms with Crippen LogP contribution < -0.4 is 9.47 Å². The number of rotatable bonds is 6. The first-order chi connectivity index (χ1) is 8.08. The number of ether oxygens (including phenoxy) is 2. The lowest BCUT2D eigenvalue weighted by molar-refractivity contribution is -0.136. The van der Waals surface area contributed by atoms with Crippen molar-refractivity contribution in [3.8, 4) is 11.5 Å². The average Bonchev–Trinajstić information content (AvgIpc) is 2.34. The number of hydrogen-bond donors (Lipinski definition) is 1. The molecule has 0 atom stereocenters. The van der Waals surface area contributed by atoms with Gasteiger partial charge in [-0.2, -0.15) is 0 Å². The first kappa shape index (κ1) is 13.1. The van der Waals surface area contributed by atoms with Gasteiger partial charge in [0.15, 0.2) is 0 Å². The zero-order valence-corrected chi connectivity index (χ0v) is 10.0. The number of carboxylic acids is 1. The van der Waals surface area contributed by atoms with Crippen LogP contribution in [0.4, 0.5) is 0 Å². The molecule has 0 aromatic heterocycles. The molecule has 0 radical (unpaired) electrons. The molecule has 1 aromatic carbocycles. The van der Waals surface area contributed by atoms with Crippen molar-refractivity contribution in [3.05, 3.63) is 30.3 Å². The zero-order valence-electron chi connectivity index (χ0n) is 10.0. The van der Waals surface area contributed by atoms with Crippen molar-refractivity contribution < 1.29 is 19.4 Å². The molecule has 0 saturated carbocycles. The van der Waals surface area contributed by atoms with Gasteiger partial charge in [-0.05, 0) is 24.1 Å². The predicted molar refractivity (Wildman–Crippen MR) is 65.4 cm³/mol.